The first-order chi connectivity index (χ1) is 13.7. The van der Waals surface area contributed by atoms with Gasteiger partial charge in [-0.25, -0.2) is 0 Å². The molecule has 148 valence electrons. The molecular formula is C18H10ClF3N4O2S. The van der Waals surface area contributed by atoms with Gasteiger partial charge >= 0.3 is 6.18 Å². The van der Waals surface area contributed by atoms with Crippen LogP contribution in [-0.4, -0.2) is 28.4 Å². The third kappa shape index (κ3) is 3.73. The molecule has 2 heterocycles. The molecule has 11 heteroatoms. The van der Waals surface area contributed by atoms with Crippen LogP contribution in [0.4, 0.5) is 24.5 Å². The summed E-state index contributed by atoms with van der Waals surface area (Å²) in [5, 5.41) is 11.0. The molecule has 0 unspecified atom stereocenters. The largest absolute Gasteiger partial charge is 0.416 e. The molecule has 1 saturated heterocycles. The average molecular weight is 439 g/mol. The van der Waals surface area contributed by atoms with Crippen molar-refractivity contribution in [3.8, 4) is 0 Å². The van der Waals surface area contributed by atoms with Crippen LogP contribution in [0, 0.1) is 0 Å². The summed E-state index contributed by atoms with van der Waals surface area (Å²) >= 11 is 6.97. The van der Waals surface area contributed by atoms with Gasteiger partial charge in [-0.2, -0.15) is 13.2 Å². The van der Waals surface area contributed by atoms with E-state index in [0.29, 0.717) is 16.3 Å². The predicted octanol–water partition coefficient (Wildman–Crippen LogP) is 4.15. The third-order valence-corrected chi connectivity index (χ3v) is 5.28. The first kappa shape index (κ1) is 19.5. The monoisotopic (exact) mass is 438 g/mol. The van der Waals surface area contributed by atoms with Gasteiger partial charge in [-0.3, -0.25) is 14.5 Å². The number of hydrogen-bond acceptors (Lipinski definition) is 5. The lowest BCUT2D eigenvalue weighted by atomic mass is 10.1. The van der Waals surface area contributed by atoms with E-state index in [1.165, 1.54) is 12.1 Å². The number of alkyl halides is 3. The molecule has 2 aromatic rings. The molecule has 4 rings (SSSR count). The van der Waals surface area contributed by atoms with E-state index in [9.17, 15) is 22.8 Å². The second-order valence-corrected chi connectivity index (χ2v) is 7.42. The van der Waals surface area contributed by atoms with E-state index in [1.807, 2.05) is 0 Å². The number of fused-ring (bicyclic) bond motifs is 1. The van der Waals surface area contributed by atoms with Gasteiger partial charge in [0.25, 0.3) is 5.91 Å². The summed E-state index contributed by atoms with van der Waals surface area (Å²) in [6, 6.07) is 9.14. The Bertz CT molecular complexity index is 1100. The minimum Gasteiger partial charge on any atom is -0.320 e. The number of anilines is 2. The molecular weight excluding hydrogens is 429 g/mol. The van der Waals surface area contributed by atoms with Gasteiger partial charge in [0, 0.05) is 10.6 Å². The number of nitrogens with zero attached hydrogens (tertiary/aromatic N) is 3. The molecule has 2 aliphatic rings. The number of nitrogens with one attached hydrogen (secondary N) is 1. The Hall–Kier alpha value is -2.85. The lowest BCUT2D eigenvalue weighted by molar-refractivity contribution is -0.137. The zero-order chi connectivity index (χ0) is 20.8. The van der Waals surface area contributed by atoms with E-state index in [0.717, 1.165) is 28.8 Å². The Labute approximate surface area is 171 Å². The van der Waals surface area contributed by atoms with E-state index in [1.54, 1.807) is 18.2 Å². The minimum atomic E-state index is -4.55. The Balaban J connectivity index is 1.71. The molecule has 29 heavy (non-hydrogen) atoms. The van der Waals surface area contributed by atoms with Gasteiger partial charge in [0.1, 0.15) is 0 Å². The fraction of sp³-hybridized carbons (Fsp3) is 0.111. The third-order valence-electron chi connectivity index (χ3n) is 4.13. The van der Waals surface area contributed by atoms with Gasteiger partial charge < -0.3 is 5.32 Å². The fourth-order valence-corrected chi connectivity index (χ4v) is 3.82. The summed E-state index contributed by atoms with van der Waals surface area (Å²) in [5.41, 5.74) is 0.103. The van der Waals surface area contributed by atoms with Crippen LogP contribution in [0.5, 0.6) is 0 Å². The normalized spacial score (nSPS) is 19.2. The average Bonchev–Trinajstić information content (AvgIpc) is 3.18. The quantitative estimate of drug-likeness (QED) is 0.716. The van der Waals surface area contributed by atoms with Crippen molar-refractivity contribution in [1.29, 1.82) is 0 Å². The van der Waals surface area contributed by atoms with E-state index < -0.39 is 23.6 Å². The van der Waals surface area contributed by atoms with Crippen molar-refractivity contribution < 1.29 is 22.8 Å². The molecule has 0 bridgehead atoms. The number of rotatable bonds is 2. The lowest BCUT2D eigenvalue weighted by Crippen LogP contribution is -2.29. The molecule has 0 radical (unpaired) electrons. The Morgan fingerprint density at radius 3 is 2.66 bits per heavy atom. The number of amides is 2. The zero-order valence-corrected chi connectivity index (χ0v) is 15.9. The summed E-state index contributed by atoms with van der Waals surface area (Å²) in [6.45, 7) is 0. The molecule has 2 amide bonds. The Kier molecular flexibility index (Phi) is 4.83. The molecule has 0 aliphatic carbocycles. The first-order valence-electron chi connectivity index (χ1n) is 8.14. The topological polar surface area (TPSA) is 74.1 Å². The van der Waals surface area contributed by atoms with Crippen LogP contribution in [-0.2, 0) is 15.8 Å². The maximum Gasteiger partial charge on any atom is 0.416 e. The standard InChI is InChI=1S/C18H10ClF3N4O2S/c19-10-4-5-13-12(7-10)15(16(28)23-13)24-25-17-26(14(27)8-29-17)11-3-1-2-9(6-11)18(20,21)22/h1-7H,8H2,(H,23,24,28). The van der Waals surface area contributed by atoms with Crippen LogP contribution >= 0.6 is 23.4 Å². The number of thioether (sulfide) groups is 1. The van der Waals surface area contributed by atoms with Crippen LogP contribution in [0.3, 0.4) is 0 Å². The smallest absolute Gasteiger partial charge is 0.320 e. The van der Waals surface area contributed by atoms with Crippen LogP contribution < -0.4 is 10.2 Å². The summed E-state index contributed by atoms with van der Waals surface area (Å²) < 4.78 is 39.0. The van der Waals surface area contributed by atoms with Gasteiger partial charge in [0.2, 0.25) is 5.91 Å². The number of carbonyl (C=O) groups excluding carboxylic acids is 2. The number of benzene rings is 2. The Morgan fingerprint density at radius 1 is 1.10 bits per heavy atom. The second-order valence-electron chi connectivity index (χ2n) is 6.04. The lowest BCUT2D eigenvalue weighted by Gasteiger charge is -2.17. The molecule has 6 nitrogen and oxygen atoms in total. The number of halogens is 4. The van der Waals surface area contributed by atoms with E-state index in [2.05, 4.69) is 15.5 Å². The highest BCUT2D eigenvalue weighted by atomic mass is 35.5. The molecule has 2 aliphatic heterocycles. The van der Waals surface area contributed by atoms with Crippen LogP contribution in [0.2, 0.25) is 5.02 Å². The summed E-state index contributed by atoms with van der Waals surface area (Å²) in [5.74, 6) is -0.937. The van der Waals surface area contributed by atoms with Crippen molar-refractivity contribution >= 4 is 57.4 Å². The highest BCUT2D eigenvalue weighted by Crippen LogP contribution is 2.34. The highest BCUT2D eigenvalue weighted by molar-refractivity contribution is 8.15. The highest BCUT2D eigenvalue weighted by Gasteiger charge is 2.34. The van der Waals surface area contributed by atoms with Crippen molar-refractivity contribution in [2.45, 2.75) is 6.18 Å². The van der Waals surface area contributed by atoms with Gasteiger partial charge in [-0.15, -0.1) is 10.2 Å². The maximum atomic E-state index is 13.0. The minimum absolute atomic E-state index is 0.000980. The maximum absolute atomic E-state index is 13.0. The molecule has 2 aromatic carbocycles. The Morgan fingerprint density at radius 2 is 1.90 bits per heavy atom. The van der Waals surface area contributed by atoms with Crippen molar-refractivity contribution in [3.63, 3.8) is 0 Å². The summed E-state index contributed by atoms with van der Waals surface area (Å²) in [6.07, 6.45) is -4.55. The van der Waals surface area contributed by atoms with Crippen LogP contribution in [0.1, 0.15) is 11.1 Å². The van der Waals surface area contributed by atoms with Crippen LogP contribution in [0.25, 0.3) is 0 Å². The van der Waals surface area contributed by atoms with Gasteiger partial charge in [0.05, 0.1) is 22.7 Å². The summed E-state index contributed by atoms with van der Waals surface area (Å²) in [4.78, 5) is 25.5. The number of amidine groups is 1. The second kappa shape index (κ2) is 7.20. The van der Waals surface area contributed by atoms with Gasteiger partial charge in [-0.1, -0.05) is 29.4 Å². The molecule has 1 fully saturated rings. The van der Waals surface area contributed by atoms with Crippen molar-refractivity contribution in [2.75, 3.05) is 16.0 Å². The van der Waals surface area contributed by atoms with Crippen molar-refractivity contribution in [3.05, 3.63) is 58.6 Å². The fourth-order valence-electron chi connectivity index (χ4n) is 2.83. The predicted molar refractivity (Wildman–Crippen MR) is 105 cm³/mol. The molecule has 1 N–H and O–H groups in total. The summed E-state index contributed by atoms with van der Waals surface area (Å²) in [7, 11) is 0. The van der Waals surface area contributed by atoms with Gasteiger partial charge in [-0.05, 0) is 36.4 Å². The zero-order valence-electron chi connectivity index (χ0n) is 14.3. The number of hydrogen-bond donors (Lipinski definition) is 1. The van der Waals surface area contributed by atoms with Crippen molar-refractivity contribution in [2.24, 2.45) is 10.2 Å². The molecule has 0 spiro atoms. The molecule has 0 saturated carbocycles. The van der Waals surface area contributed by atoms with Crippen LogP contribution in [0.15, 0.2) is 52.7 Å². The van der Waals surface area contributed by atoms with E-state index in [4.69, 9.17) is 11.6 Å². The van der Waals surface area contributed by atoms with E-state index in [-0.39, 0.29) is 22.3 Å². The molecule has 0 atom stereocenters. The van der Waals surface area contributed by atoms with Crippen molar-refractivity contribution in [1.82, 2.24) is 0 Å². The molecule has 0 aromatic heterocycles. The van der Waals surface area contributed by atoms with Gasteiger partial charge in [0.15, 0.2) is 10.9 Å². The van der Waals surface area contributed by atoms with E-state index >= 15 is 0 Å². The first-order valence-corrected chi connectivity index (χ1v) is 9.50. The number of carbonyl (C=O) groups is 2. The SMILES string of the molecule is O=C1Nc2ccc(Cl)cc2C1=NN=C1SCC(=O)N1c1cccc(C(F)(F)F)c1.